The zero-order valence-corrected chi connectivity index (χ0v) is 10.9. The van der Waals surface area contributed by atoms with E-state index in [0.717, 1.165) is 18.4 Å². The molecule has 3 nitrogen and oxygen atoms in total. The van der Waals surface area contributed by atoms with Crippen molar-refractivity contribution in [3.8, 4) is 0 Å². The average molecular weight is 247 g/mol. The summed E-state index contributed by atoms with van der Waals surface area (Å²) in [7, 11) is 1.45. The molecule has 0 saturated heterocycles. The highest BCUT2D eigenvalue weighted by Gasteiger charge is 2.25. The van der Waals surface area contributed by atoms with Crippen molar-refractivity contribution in [3.63, 3.8) is 0 Å². The molecule has 1 saturated carbocycles. The van der Waals surface area contributed by atoms with Crippen molar-refractivity contribution in [2.45, 2.75) is 44.2 Å². The second kappa shape index (κ2) is 6.55. The lowest BCUT2D eigenvalue weighted by atomic mass is 9.94. The lowest BCUT2D eigenvalue weighted by molar-refractivity contribution is -0.143. The van der Waals surface area contributed by atoms with Crippen LogP contribution in [-0.4, -0.2) is 19.1 Å². The molecular formula is C15H21NO2. The summed E-state index contributed by atoms with van der Waals surface area (Å²) in [5.41, 5.74) is 0.981. The first-order valence-corrected chi connectivity index (χ1v) is 6.70. The highest BCUT2D eigenvalue weighted by molar-refractivity contribution is 5.77. The number of carbonyl (C=O) groups is 1. The van der Waals surface area contributed by atoms with E-state index in [1.54, 1.807) is 0 Å². The Labute approximate surface area is 109 Å². The van der Waals surface area contributed by atoms with Gasteiger partial charge >= 0.3 is 5.97 Å². The number of hydrogen-bond acceptors (Lipinski definition) is 3. The molecule has 18 heavy (non-hydrogen) atoms. The van der Waals surface area contributed by atoms with E-state index in [9.17, 15) is 4.79 Å². The zero-order chi connectivity index (χ0) is 12.8. The minimum absolute atomic E-state index is 0.202. The van der Waals surface area contributed by atoms with E-state index in [1.165, 1.54) is 26.4 Å². The number of carbonyl (C=O) groups excluding carboxylic acids is 1. The molecule has 0 radical (unpaired) electrons. The van der Waals surface area contributed by atoms with Gasteiger partial charge in [-0.25, -0.2) is 4.79 Å². The zero-order valence-electron chi connectivity index (χ0n) is 10.9. The highest BCUT2D eigenvalue weighted by atomic mass is 16.5. The predicted octanol–water partition coefficient (Wildman–Crippen LogP) is 2.82. The van der Waals surface area contributed by atoms with Crippen LogP contribution >= 0.6 is 0 Å². The number of nitrogens with one attached hydrogen (secondary N) is 1. The standard InChI is InChI=1S/C15H21NO2/c1-18-15(17)14(12-8-4-2-5-9-12)16-13-10-6-3-7-11-13/h2,4-5,8-9,13-14,16H,3,6-7,10-11H2,1H3/t14-/m0/s1. The average Bonchev–Trinajstić information content (AvgIpc) is 2.46. The Morgan fingerprint density at radius 1 is 1.22 bits per heavy atom. The number of esters is 1. The lowest BCUT2D eigenvalue weighted by Gasteiger charge is -2.27. The topological polar surface area (TPSA) is 38.3 Å². The third-order valence-electron chi connectivity index (χ3n) is 3.58. The molecule has 1 aromatic rings. The van der Waals surface area contributed by atoms with Crippen LogP contribution in [0.3, 0.4) is 0 Å². The van der Waals surface area contributed by atoms with Crippen LogP contribution in [0.15, 0.2) is 30.3 Å². The van der Waals surface area contributed by atoms with Crippen LogP contribution in [-0.2, 0) is 9.53 Å². The third-order valence-corrected chi connectivity index (χ3v) is 3.58. The normalized spacial score (nSPS) is 18.3. The number of benzene rings is 1. The van der Waals surface area contributed by atoms with E-state index in [2.05, 4.69) is 5.32 Å². The van der Waals surface area contributed by atoms with Crippen LogP contribution in [0, 0.1) is 0 Å². The van der Waals surface area contributed by atoms with E-state index in [0.29, 0.717) is 6.04 Å². The van der Waals surface area contributed by atoms with Crippen molar-refractivity contribution in [2.24, 2.45) is 0 Å². The maximum absolute atomic E-state index is 11.9. The van der Waals surface area contributed by atoms with E-state index in [1.807, 2.05) is 30.3 Å². The van der Waals surface area contributed by atoms with Gasteiger partial charge < -0.3 is 4.74 Å². The van der Waals surface area contributed by atoms with Crippen molar-refractivity contribution in [1.29, 1.82) is 0 Å². The monoisotopic (exact) mass is 247 g/mol. The van der Waals surface area contributed by atoms with Crippen molar-refractivity contribution in [3.05, 3.63) is 35.9 Å². The van der Waals surface area contributed by atoms with Gasteiger partial charge in [-0.3, -0.25) is 5.32 Å². The molecule has 1 aromatic carbocycles. The molecule has 1 aliphatic rings. The number of rotatable bonds is 4. The van der Waals surface area contributed by atoms with Gasteiger partial charge in [-0.15, -0.1) is 0 Å². The van der Waals surface area contributed by atoms with Gasteiger partial charge in [0.2, 0.25) is 0 Å². The van der Waals surface area contributed by atoms with Crippen molar-refractivity contribution >= 4 is 5.97 Å². The summed E-state index contributed by atoms with van der Waals surface area (Å²) < 4.78 is 4.91. The summed E-state index contributed by atoms with van der Waals surface area (Å²) in [4.78, 5) is 11.9. The molecule has 0 bridgehead atoms. The second-order valence-corrected chi connectivity index (χ2v) is 4.87. The number of hydrogen-bond donors (Lipinski definition) is 1. The molecule has 0 amide bonds. The Kier molecular flexibility index (Phi) is 4.76. The van der Waals surface area contributed by atoms with E-state index in [-0.39, 0.29) is 12.0 Å². The summed E-state index contributed by atoms with van der Waals surface area (Å²) in [6.07, 6.45) is 6.12. The van der Waals surface area contributed by atoms with Gasteiger partial charge in [0.15, 0.2) is 0 Å². The van der Waals surface area contributed by atoms with Crippen molar-refractivity contribution in [2.75, 3.05) is 7.11 Å². The quantitative estimate of drug-likeness (QED) is 0.831. The fourth-order valence-corrected chi connectivity index (χ4v) is 2.57. The minimum Gasteiger partial charge on any atom is -0.468 e. The lowest BCUT2D eigenvalue weighted by Crippen LogP contribution is -2.38. The largest absolute Gasteiger partial charge is 0.468 e. The van der Waals surface area contributed by atoms with Gasteiger partial charge in [-0.1, -0.05) is 49.6 Å². The summed E-state index contributed by atoms with van der Waals surface area (Å²) in [6, 6.07) is 9.90. The Hall–Kier alpha value is -1.35. The van der Waals surface area contributed by atoms with Crippen LogP contribution in [0.25, 0.3) is 0 Å². The van der Waals surface area contributed by atoms with Gasteiger partial charge in [-0.05, 0) is 18.4 Å². The second-order valence-electron chi connectivity index (χ2n) is 4.87. The van der Waals surface area contributed by atoms with E-state index >= 15 is 0 Å². The Morgan fingerprint density at radius 3 is 2.50 bits per heavy atom. The molecule has 1 fully saturated rings. The maximum atomic E-state index is 11.9. The first-order valence-electron chi connectivity index (χ1n) is 6.70. The SMILES string of the molecule is COC(=O)[C@@H](NC1CCCCC1)c1ccccc1. The third kappa shape index (κ3) is 3.33. The molecule has 3 heteroatoms. The van der Waals surface area contributed by atoms with E-state index < -0.39 is 0 Å². The number of ether oxygens (including phenoxy) is 1. The molecule has 0 heterocycles. The Balaban J connectivity index is 2.07. The molecule has 0 aromatic heterocycles. The van der Waals surface area contributed by atoms with Gasteiger partial charge in [-0.2, -0.15) is 0 Å². The number of methoxy groups -OCH3 is 1. The fourth-order valence-electron chi connectivity index (χ4n) is 2.57. The smallest absolute Gasteiger partial charge is 0.327 e. The highest BCUT2D eigenvalue weighted by Crippen LogP contribution is 2.22. The predicted molar refractivity (Wildman–Crippen MR) is 71.2 cm³/mol. The first kappa shape index (κ1) is 13.1. The maximum Gasteiger partial charge on any atom is 0.327 e. The van der Waals surface area contributed by atoms with Crippen LogP contribution in [0.2, 0.25) is 0 Å². The first-order chi connectivity index (χ1) is 8.81. The van der Waals surface area contributed by atoms with Gasteiger partial charge in [0.05, 0.1) is 7.11 Å². The van der Waals surface area contributed by atoms with Crippen molar-refractivity contribution in [1.82, 2.24) is 5.32 Å². The molecule has 0 unspecified atom stereocenters. The molecule has 1 N–H and O–H groups in total. The Bertz CT molecular complexity index is 371. The minimum atomic E-state index is -0.334. The van der Waals surface area contributed by atoms with Crippen LogP contribution in [0.5, 0.6) is 0 Å². The Morgan fingerprint density at radius 2 is 1.89 bits per heavy atom. The molecule has 0 spiro atoms. The van der Waals surface area contributed by atoms with Gasteiger partial charge in [0.25, 0.3) is 0 Å². The summed E-state index contributed by atoms with van der Waals surface area (Å²) >= 11 is 0. The van der Waals surface area contributed by atoms with Gasteiger partial charge in [0, 0.05) is 6.04 Å². The van der Waals surface area contributed by atoms with E-state index in [4.69, 9.17) is 4.74 Å². The fraction of sp³-hybridized carbons (Fsp3) is 0.533. The molecule has 98 valence electrons. The molecule has 2 rings (SSSR count). The molecule has 0 aliphatic heterocycles. The van der Waals surface area contributed by atoms with Crippen molar-refractivity contribution < 1.29 is 9.53 Å². The summed E-state index contributed by atoms with van der Waals surface area (Å²) in [6.45, 7) is 0. The van der Waals surface area contributed by atoms with Gasteiger partial charge in [0.1, 0.15) is 6.04 Å². The van der Waals surface area contributed by atoms with Crippen LogP contribution in [0.1, 0.15) is 43.7 Å². The molecule has 1 atom stereocenters. The van der Waals surface area contributed by atoms with Crippen LogP contribution in [0.4, 0.5) is 0 Å². The summed E-state index contributed by atoms with van der Waals surface area (Å²) in [5.74, 6) is -0.202. The summed E-state index contributed by atoms with van der Waals surface area (Å²) in [5, 5.41) is 3.45. The molecular weight excluding hydrogens is 226 g/mol. The molecule has 1 aliphatic carbocycles. The van der Waals surface area contributed by atoms with Crippen LogP contribution < -0.4 is 5.32 Å².